The van der Waals surface area contributed by atoms with Crippen molar-refractivity contribution in [3.63, 3.8) is 0 Å². The first kappa shape index (κ1) is 13.0. The van der Waals surface area contributed by atoms with Gasteiger partial charge in [0.15, 0.2) is 5.79 Å². The molecule has 100 valence electrons. The molecule has 0 saturated carbocycles. The average molecular weight is 253 g/mol. The number of ether oxygens (including phenoxy) is 2. The third kappa shape index (κ3) is 2.88. The van der Waals surface area contributed by atoms with Gasteiger partial charge in [-0.3, -0.25) is 9.48 Å². The molecule has 1 aliphatic rings. The van der Waals surface area contributed by atoms with E-state index in [9.17, 15) is 4.79 Å². The maximum atomic E-state index is 11.1. The molecule has 0 aromatic carbocycles. The second-order valence-electron chi connectivity index (χ2n) is 5.04. The molecule has 1 aromatic heterocycles. The first-order valence-corrected chi connectivity index (χ1v) is 6.02. The van der Waals surface area contributed by atoms with Crippen LogP contribution in [0.4, 0.5) is 0 Å². The van der Waals surface area contributed by atoms with E-state index in [2.05, 4.69) is 5.10 Å². The van der Waals surface area contributed by atoms with E-state index in [1.165, 1.54) is 0 Å². The summed E-state index contributed by atoms with van der Waals surface area (Å²) in [5.74, 6) is -1.27. The van der Waals surface area contributed by atoms with Gasteiger partial charge in [0, 0.05) is 6.20 Å². The van der Waals surface area contributed by atoms with Gasteiger partial charge in [0.05, 0.1) is 24.8 Å². The molecular formula is C12H19N3O3. The quantitative estimate of drug-likeness (QED) is 0.853. The van der Waals surface area contributed by atoms with Gasteiger partial charge in [-0.1, -0.05) is 0 Å². The minimum absolute atomic E-state index is 0.0170. The number of rotatable bonds is 4. The second-order valence-corrected chi connectivity index (χ2v) is 5.04. The van der Waals surface area contributed by atoms with Crippen LogP contribution in [-0.4, -0.2) is 34.2 Å². The van der Waals surface area contributed by atoms with E-state index in [1.54, 1.807) is 17.7 Å². The van der Waals surface area contributed by atoms with Crippen molar-refractivity contribution in [1.82, 2.24) is 9.78 Å². The van der Waals surface area contributed by atoms with E-state index < -0.39 is 5.79 Å². The van der Waals surface area contributed by atoms with Crippen LogP contribution in [-0.2, 0) is 20.8 Å². The van der Waals surface area contributed by atoms with E-state index >= 15 is 0 Å². The number of amides is 1. The molecule has 6 heteroatoms. The smallest absolute Gasteiger partial charge is 0.226 e. The number of carbonyl (C=O) groups excluding carboxylic acids is 1. The monoisotopic (exact) mass is 253 g/mol. The molecule has 2 N–H and O–H groups in total. The molecule has 1 fully saturated rings. The Morgan fingerprint density at radius 1 is 1.72 bits per heavy atom. The van der Waals surface area contributed by atoms with Crippen molar-refractivity contribution in [2.75, 3.05) is 6.61 Å². The van der Waals surface area contributed by atoms with Gasteiger partial charge >= 0.3 is 0 Å². The average Bonchev–Trinajstić information content (AvgIpc) is 2.85. The van der Waals surface area contributed by atoms with Gasteiger partial charge in [-0.05, 0) is 26.8 Å². The Bertz CT molecular complexity index is 442. The van der Waals surface area contributed by atoms with E-state index in [-0.39, 0.29) is 17.9 Å². The fraction of sp³-hybridized carbons (Fsp3) is 0.667. The van der Waals surface area contributed by atoms with Crippen molar-refractivity contribution in [3.05, 3.63) is 18.0 Å². The summed E-state index contributed by atoms with van der Waals surface area (Å²) in [7, 11) is 0. The van der Waals surface area contributed by atoms with Crippen LogP contribution in [0.3, 0.4) is 0 Å². The Balaban J connectivity index is 1.97. The van der Waals surface area contributed by atoms with E-state index in [0.717, 1.165) is 0 Å². The predicted molar refractivity (Wildman–Crippen MR) is 64.7 cm³/mol. The summed E-state index contributed by atoms with van der Waals surface area (Å²) < 4.78 is 12.9. The van der Waals surface area contributed by atoms with Crippen LogP contribution in [0.5, 0.6) is 0 Å². The highest BCUT2D eigenvalue weighted by Crippen LogP contribution is 2.23. The fourth-order valence-electron chi connectivity index (χ4n) is 1.92. The highest BCUT2D eigenvalue weighted by Gasteiger charge is 2.32. The molecule has 1 aromatic rings. The van der Waals surface area contributed by atoms with Gasteiger partial charge in [-0.15, -0.1) is 0 Å². The molecular weight excluding hydrogens is 234 g/mol. The van der Waals surface area contributed by atoms with Gasteiger partial charge < -0.3 is 15.2 Å². The highest BCUT2D eigenvalue weighted by molar-refractivity contribution is 5.80. The number of hydrogen-bond donors (Lipinski definition) is 1. The lowest BCUT2D eigenvalue weighted by Crippen LogP contribution is -2.24. The molecule has 0 bridgehead atoms. The molecule has 2 atom stereocenters. The lowest BCUT2D eigenvalue weighted by Gasteiger charge is -2.17. The van der Waals surface area contributed by atoms with Crippen LogP contribution in [0, 0.1) is 0 Å². The standard InChI is InChI=1S/C12H19N3O3/c1-8(11(13)16)10-4-5-15(14-10)6-9-7-17-12(2,3)18-9/h4-5,8-9H,6-7H2,1-3H3,(H2,13,16)/t8?,9-/m1/s1. The maximum Gasteiger partial charge on any atom is 0.226 e. The molecule has 1 amide bonds. The van der Waals surface area contributed by atoms with Crippen LogP contribution in [0.1, 0.15) is 32.4 Å². The third-order valence-corrected chi connectivity index (χ3v) is 2.99. The summed E-state index contributed by atoms with van der Waals surface area (Å²) in [6, 6.07) is 1.80. The molecule has 6 nitrogen and oxygen atoms in total. The molecule has 1 saturated heterocycles. The Kier molecular flexibility index (Phi) is 3.41. The number of aromatic nitrogens is 2. The molecule has 0 radical (unpaired) electrons. The first-order valence-electron chi connectivity index (χ1n) is 6.02. The zero-order valence-corrected chi connectivity index (χ0v) is 10.9. The van der Waals surface area contributed by atoms with Crippen LogP contribution < -0.4 is 5.73 Å². The highest BCUT2D eigenvalue weighted by atomic mass is 16.7. The van der Waals surface area contributed by atoms with E-state index in [0.29, 0.717) is 18.8 Å². The van der Waals surface area contributed by atoms with Crippen LogP contribution in [0.25, 0.3) is 0 Å². The second kappa shape index (κ2) is 4.70. The minimum Gasteiger partial charge on any atom is -0.369 e. The molecule has 2 rings (SSSR count). The fourth-order valence-corrected chi connectivity index (χ4v) is 1.92. The zero-order chi connectivity index (χ0) is 13.3. The van der Waals surface area contributed by atoms with Gasteiger partial charge in [-0.2, -0.15) is 5.10 Å². The predicted octanol–water partition coefficient (Wildman–Crippen LogP) is 0.623. The third-order valence-electron chi connectivity index (χ3n) is 2.99. The topological polar surface area (TPSA) is 79.4 Å². The summed E-state index contributed by atoms with van der Waals surface area (Å²) in [6.07, 6.45) is 1.81. The molecule has 0 spiro atoms. The largest absolute Gasteiger partial charge is 0.369 e. The normalized spacial score (nSPS) is 24.1. The molecule has 0 aliphatic carbocycles. The van der Waals surface area contributed by atoms with Crippen LogP contribution in [0.15, 0.2) is 12.3 Å². The van der Waals surface area contributed by atoms with Crippen molar-refractivity contribution in [1.29, 1.82) is 0 Å². The molecule has 18 heavy (non-hydrogen) atoms. The van der Waals surface area contributed by atoms with E-state index in [4.69, 9.17) is 15.2 Å². The lowest BCUT2D eigenvalue weighted by molar-refractivity contribution is -0.139. The van der Waals surface area contributed by atoms with Crippen LogP contribution >= 0.6 is 0 Å². The number of primary amides is 1. The lowest BCUT2D eigenvalue weighted by atomic mass is 10.1. The summed E-state index contributed by atoms with van der Waals surface area (Å²) >= 11 is 0. The minimum atomic E-state index is -0.527. The van der Waals surface area contributed by atoms with Crippen molar-refractivity contribution >= 4 is 5.91 Å². The Hall–Kier alpha value is -1.40. The van der Waals surface area contributed by atoms with Crippen molar-refractivity contribution in [2.45, 2.75) is 45.1 Å². The van der Waals surface area contributed by atoms with Gasteiger partial charge in [0.1, 0.15) is 6.10 Å². The summed E-state index contributed by atoms with van der Waals surface area (Å²) in [4.78, 5) is 11.1. The molecule has 1 aliphatic heterocycles. The summed E-state index contributed by atoms with van der Waals surface area (Å²) in [6.45, 7) is 6.67. The number of nitrogens with two attached hydrogens (primary N) is 1. The number of carbonyl (C=O) groups is 1. The van der Waals surface area contributed by atoms with Gasteiger partial charge in [0.25, 0.3) is 0 Å². The number of nitrogens with zero attached hydrogens (tertiary/aromatic N) is 2. The Morgan fingerprint density at radius 3 is 3.00 bits per heavy atom. The maximum absolute atomic E-state index is 11.1. The van der Waals surface area contributed by atoms with Crippen molar-refractivity contribution in [2.24, 2.45) is 5.73 Å². The number of hydrogen-bond acceptors (Lipinski definition) is 4. The van der Waals surface area contributed by atoms with Crippen LogP contribution in [0.2, 0.25) is 0 Å². The van der Waals surface area contributed by atoms with E-state index in [1.807, 2.05) is 20.0 Å². The molecule has 1 unspecified atom stereocenters. The Labute approximate surface area is 106 Å². The first-order chi connectivity index (χ1) is 8.37. The van der Waals surface area contributed by atoms with Crippen molar-refractivity contribution < 1.29 is 14.3 Å². The Morgan fingerprint density at radius 2 is 2.44 bits per heavy atom. The molecule has 2 heterocycles. The van der Waals surface area contributed by atoms with Gasteiger partial charge in [0.2, 0.25) is 5.91 Å². The van der Waals surface area contributed by atoms with Crippen molar-refractivity contribution in [3.8, 4) is 0 Å². The summed E-state index contributed by atoms with van der Waals surface area (Å²) in [5, 5.41) is 4.32. The zero-order valence-electron chi connectivity index (χ0n) is 10.9. The van der Waals surface area contributed by atoms with Gasteiger partial charge in [-0.25, -0.2) is 0 Å². The summed E-state index contributed by atoms with van der Waals surface area (Å²) in [5.41, 5.74) is 5.92. The SMILES string of the molecule is CC(C(N)=O)c1ccn(C[C@@H]2COC(C)(C)O2)n1.